The van der Waals surface area contributed by atoms with Crippen LogP contribution in [0.1, 0.15) is 43.1 Å². The van der Waals surface area contributed by atoms with Crippen molar-refractivity contribution in [1.29, 1.82) is 0 Å². The van der Waals surface area contributed by atoms with Gasteiger partial charge in [0.25, 0.3) is 5.56 Å². The van der Waals surface area contributed by atoms with Crippen LogP contribution in [0.2, 0.25) is 0 Å². The standard InChI is InChI=1S/C46H63N14O36P5/c1-17-11-60(46(71)55-37(17)66)28-10-18(19(88-28)12-83-97(72,73)74)93-98(75,76)85-14-21-34(31(63)39(90-21)57-7-3-25(48)52-43(57)68)95-100(79,80)87-16-23-36(33(65)41(92-23)59-9-5-27(50)54-45(59)70)96-101(81,82)86-15-22-35(32(64)40(91-22)58-8-4-26(49)53-44(58)69)94-99(77,78)84-13-20-29(61)30(62)38(89-20)56-6-2-24(47)51-42(56)67/h2-9,11,18-23,28-36,38-41,61-65H,10,12-16H2,1H3,(H,75,76)(H,77,78)(H,79,80)(H,81,82)(H2,47,51,67)(H2,48,52,68)(H2,49,53,69)(H2,50,54,70)(H,55,66,71)(H2,72,73,74)/t18-,19+,20+,21+,22+,23+,28+,29+,30+,31+,32+,33+,34+,35+,36+,38+,39+,40+,41+/m0/s1. The summed E-state index contributed by atoms with van der Waals surface area (Å²) in [6.45, 7) is -4.97. The molecule has 0 saturated carbocycles. The number of nitrogen functional groups attached to an aromatic ring is 4. The number of aliphatic hydroxyl groups excluding tert-OH is 5. The number of H-pyrrole nitrogens is 1. The first kappa shape index (κ1) is 77.2. The first-order valence-corrected chi connectivity index (χ1v) is 36.4. The predicted molar refractivity (Wildman–Crippen MR) is 322 cm³/mol. The maximum atomic E-state index is 14.1. The summed E-state index contributed by atoms with van der Waals surface area (Å²) in [5, 5.41) is 56.3. The number of aryl methyl sites for hydroxylation is 1. The summed E-state index contributed by atoms with van der Waals surface area (Å²) in [4.78, 5) is 156. The number of aromatic nitrogens is 10. The van der Waals surface area contributed by atoms with Crippen LogP contribution in [-0.4, -0.2) is 221 Å². The van der Waals surface area contributed by atoms with E-state index < -0.39 is 229 Å². The monoisotopic (exact) mass is 1540 g/mol. The van der Waals surface area contributed by atoms with Gasteiger partial charge in [0, 0.05) is 43.0 Å². The van der Waals surface area contributed by atoms with Gasteiger partial charge < -0.3 is 102 Å². The Hall–Kier alpha value is -6.45. The summed E-state index contributed by atoms with van der Waals surface area (Å²) in [6.07, 6.45) is -33.9. The van der Waals surface area contributed by atoms with E-state index in [1.165, 1.54) is 6.92 Å². The highest BCUT2D eigenvalue weighted by molar-refractivity contribution is 7.48. The normalized spacial score (nSPS) is 32.3. The summed E-state index contributed by atoms with van der Waals surface area (Å²) in [6, 6.07) is 4.27. The van der Waals surface area contributed by atoms with Crippen LogP contribution in [0.15, 0.2) is 84.0 Å². The van der Waals surface area contributed by atoms with Gasteiger partial charge in [-0.15, -0.1) is 0 Å². The molecular weight excluding hydrogens is 1480 g/mol. The van der Waals surface area contributed by atoms with E-state index in [1.54, 1.807) is 0 Å². The Labute approximate surface area is 560 Å². The second-order valence-electron chi connectivity index (χ2n) is 22.4. The Morgan fingerprint density at radius 3 is 1.11 bits per heavy atom. The molecule has 5 aromatic rings. The summed E-state index contributed by atoms with van der Waals surface area (Å²) in [5.41, 5.74) is 15.8. The minimum absolute atomic E-state index is 0.0183. The number of ether oxygens (including phenoxy) is 5. The number of nitrogens with zero attached hydrogens (tertiary/aromatic N) is 9. The molecule has 0 amide bonds. The quantitative estimate of drug-likeness (QED) is 0.0207. The number of hydrogen-bond donors (Lipinski definition) is 16. The summed E-state index contributed by atoms with van der Waals surface area (Å²) in [7, 11) is -28.3. The van der Waals surface area contributed by atoms with Gasteiger partial charge in [-0.1, -0.05) is 0 Å². The molecule has 10 rings (SSSR count). The molecule has 5 aliphatic rings. The van der Waals surface area contributed by atoms with E-state index in [0.29, 0.717) is 13.7 Å². The average Bonchev–Trinajstić information content (AvgIpc) is 1.65. The molecular formula is C46H63N14O36P5. The Bertz CT molecular complexity index is 4500. The van der Waals surface area contributed by atoms with Crippen LogP contribution in [-0.2, 0) is 87.2 Å². The third kappa shape index (κ3) is 18.2. The highest BCUT2D eigenvalue weighted by Gasteiger charge is 2.56. The third-order valence-electron chi connectivity index (χ3n) is 15.5. The third-order valence-corrected chi connectivity index (χ3v) is 19.9. The molecule has 0 radical (unpaired) electrons. The molecule has 558 valence electrons. The topological polar surface area (TPSA) is 736 Å². The van der Waals surface area contributed by atoms with Crippen molar-refractivity contribution in [1.82, 2.24) is 47.8 Å². The molecule has 23 atom stereocenters. The molecule has 0 bridgehead atoms. The maximum Gasteiger partial charge on any atom is 0.472 e. The maximum absolute atomic E-state index is 14.1. The van der Waals surface area contributed by atoms with Crippen molar-refractivity contribution in [2.24, 2.45) is 0 Å². The fourth-order valence-electron chi connectivity index (χ4n) is 10.7. The number of phosphoric acid groups is 5. The minimum atomic E-state index is -5.90. The molecule has 5 saturated heterocycles. The Morgan fingerprint density at radius 2 is 0.762 bits per heavy atom. The van der Waals surface area contributed by atoms with Crippen molar-refractivity contribution >= 4 is 62.4 Å². The molecule has 0 aromatic carbocycles. The molecule has 5 aromatic heterocycles. The van der Waals surface area contributed by atoms with Crippen LogP contribution in [0.5, 0.6) is 0 Å². The van der Waals surface area contributed by atoms with Crippen molar-refractivity contribution in [3.05, 3.63) is 124 Å². The Morgan fingerprint density at radius 1 is 0.446 bits per heavy atom. The van der Waals surface area contributed by atoms with Crippen LogP contribution in [0.3, 0.4) is 0 Å². The molecule has 101 heavy (non-hydrogen) atoms. The number of anilines is 4. The lowest BCUT2D eigenvalue weighted by atomic mass is 10.1. The van der Waals surface area contributed by atoms with Gasteiger partial charge in [-0.25, -0.2) is 46.8 Å². The first-order chi connectivity index (χ1) is 47.2. The lowest BCUT2D eigenvalue weighted by molar-refractivity contribution is -0.0664. The van der Waals surface area contributed by atoms with E-state index in [4.69, 9.17) is 82.8 Å². The Kier molecular flexibility index (Phi) is 23.2. The molecule has 10 heterocycles. The van der Waals surface area contributed by atoms with Crippen LogP contribution in [0.25, 0.3) is 0 Å². The van der Waals surface area contributed by atoms with E-state index >= 15 is 0 Å². The number of phosphoric ester groups is 5. The summed E-state index contributed by atoms with van der Waals surface area (Å²) in [5.74, 6) is -1.26. The zero-order valence-electron chi connectivity index (χ0n) is 51.1. The SMILES string of the molecule is Cc1cn([C@H]2C[C@H](OP(=O)(O)OC[C@H]3O[C@@H](n4ccc(N)nc4=O)[C@H](O)[C@@H]3OP(=O)(O)OC[C@H]3O[C@@H](n4ccc(N)nc4=O)[C@H](O)[C@@H]3OP(=O)(O)OC[C@H]3O[C@@H](n4ccc(N)nc4=O)[C@H](O)[C@@H]3OP(=O)(O)OC[C@H]3O[C@@H](n4ccc(N)nc4=O)[C@H](O)[C@@H]3O)[C@@H](COP(=O)(O)O)O2)c(=O)[nH]c1=O. The molecule has 20 N–H and O–H groups in total. The molecule has 4 unspecified atom stereocenters. The highest BCUT2D eigenvalue weighted by Crippen LogP contribution is 2.55. The van der Waals surface area contributed by atoms with Gasteiger partial charge in [0.1, 0.15) is 115 Å². The van der Waals surface area contributed by atoms with Gasteiger partial charge in [-0.3, -0.25) is 73.3 Å². The van der Waals surface area contributed by atoms with Gasteiger partial charge >= 0.3 is 67.6 Å². The molecule has 55 heteroatoms. The van der Waals surface area contributed by atoms with E-state index in [9.17, 15) is 106 Å². The molecule has 0 aliphatic carbocycles. The zero-order valence-corrected chi connectivity index (χ0v) is 55.6. The van der Waals surface area contributed by atoms with Gasteiger partial charge in [0.15, 0.2) is 24.9 Å². The smallest absolute Gasteiger partial charge is 0.387 e. The van der Waals surface area contributed by atoms with Crippen molar-refractivity contribution in [2.75, 3.05) is 56.0 Å². The predicted octanol–water partition coefficient (Wildman–Crippen LogP) is -7.00. The lowest BCUT2D eigenvalue weighted by Gasteiger charge is -2.27. The number of nitrogens with two attached hydrogens (primary N) is 4. The number of aliphatic hydroxyl groups is 5. The highest BCUT2D eigenvalue weighted by atomic mass is 31.2. The fraction of sp³-hybridized carbons (Fsp3) is 0.565. The summed E-state index contributed by atoms with van der Waals surface area (Å²) < 4.78 is 145. The minimum Gasteiger partial charge on any atom is -0.387 e. The van der Waals surface area contributed by atoms with Crippen LogP contribution < -0.4 is 56.9 Å². The van der Waals surface area contributed by atoms with E-state index in [0.717, 1.165) is 64.4 Å². The number of hydrogen-bond acceptors (Lipinski definition) is 38. The fourth-order valence-corrected chi connectivity index (χ4v) is 14.9. The molecule has 5 aliphatic heterocycles. The van der Waals surface area contributed by atoms with E-state index in [1.807, 2.05) is 4.98 Å². The number of nitrogens with one attached hydrogen (secondary N) is 1. The number of aromatic amines is 1. The van der Waals surface area contributed by atoms with Gasteiger partial charge in [-0.05, 0) is 31.2 Å². The first-order valence-electron chi connectivity index (χ1n) is 28.9. The second-order valence-corrected chi connectivity index (χ2v) is 29.3. The second kappa shape index (κ2) is 30.3. The molecule has 5 fully saturated rings. The van der Waals surface area contributed by atoms with Gasteiger partial charge in [0.2, 0.25) is 0 Å². The summed E-state index contributed by atoms with van der Waals surface area (Å²) >= 11 is 0. The van der Waals surface area contributed by atoms with E-state index in [-0.39, 0.29) is 28.8 Å². The van der Waals surface area contributed by atoms with Crippen LogP contribution >= 0.6 is 39.1 Å². The van der Waals surface area contributed by atoms with Crippen molar-refractivity contribution in [3.8, 4) is 0 Å². The van der Waals surface area contributed by atoms with Crippen molar-refractivity contribution < 1.29 is 142 Å². The zero-order chi connectivity index (χ0) is 73.7. The lowest BCUT2D eigenvalue weighted by Crippen LogP contribution is -2.39. The Balaban J connectivity index is 0.853. The molecule has 50 nitrogen and oxygen atoms in total. The van der Waals surface area contributed by atoms with Gasteiger partial charge in [-0.2, -0.15) is 19.9 Å². The van der Waals surface area contributed by atoms with Crippen LogP contribution in [0, 0.1) is 6.92 Å². The van der Waals surface area contributed by atoms with Crippen molar-refractivity contribution in [3.63, 3.8) is 0 Å². The average molecular weight is 1540 g/mol. The van der Waals surface area contributed by atoms with Crippen LogP contribution in [0.4, 0.5) is 23.3 Å². The van der Waals surface area contributed by atoms with E-state index in [2.05, 4.69) is 24.5 Å². The largest absolute Gasteiger partial charge is 0.472 e. The molecule has 0 spiro atoms. The number of rotatable bonds is 28. The van der Waals surface area contributed by atoms with Gasteiger partial charge in [0.05, 0.1) is 33.0 Å². The van der Waals surface area contributed by atoms with Crippen molar-refractivity contribution in [2.45, 2.75) is 130 Å².